The summed E-state index contributed by atoms with van der Waals surface area (Å²) in [5.74, 6) is 0.501. The molecule has 6 heteroatoms. The van der Waals surface area contributed by atoms with Crippen LogP contribution < -0.4 is 0 Å². The SMILES string of the molecule is CN(CC1(O)CCCC1)C(=O)Cc1coc(-c2cccs2)n1. The first-order chi connectivity index (χ1) is 10.6. The van der Waals surface area contributed by atoms with Crippen molar-refractivity contribution >= 4 is 17.2 Å². The quantitative estimate of drug-likeness (QED) is 0.920. The van der Waals surface area contributed by atoms with Crippen molar-refractivity contribution in [2.75, 3.05) is 13.6 Å². The van der Waals surface area contributed by atoms with Gasteiger partial charge in [0.15, 0.2) is 0 Å². The van der Waals surface area contributed by atoms with Gasteiger partial charge in [0.2, 0.25) is 11.8 Å². The Morgan fingerprint density at radius 3 is 2.95 bits per heavy atom. The number of thiophene rings is 1. The number of aliphatic hydroxyl groups is 1. The number of likely N-dealkylation sites (N-methyl/N-ethyl adjacent to an activating group) is 1. The summed E-state index contributed by atoms with van der Waals surface area (Å²) in [5.41, 5.74) is -0.0882. The van der Waals surface area contributed by atoms with Gasteiger partial charge in [0.1, 0.15) is 6.26 Å². The zero-order valence-corrected chi connectivity index (χ0v) is 13.4. The highest BCUT2D eigenvalue weighted by molar-refractivity contribution is 7.13. The van der Waals surface area contributed by atoms with E-state index in [0.29, 0.717) is 18.1 Å². The van der Waals surface area contributed by atoms with Crippen LogP contribution in [-0.2, 0) is 11.2 Å². The molecule has 0 aliphatic heterocycles. The summed E-state index contributed by atoms with van der Waals surface area (Å²) < 4.78 is 5.42. The molecule has 0 spiro atoms. The molecule has 1 N–H and O–H groups in total. The second-order valence-electron chi connectivity index (χ2n) is 5.98. The summed E-state index contributed by atoms with van der Waals surface area (Å²) in [5, 5.41) is 12.3. The average molecular weight is 320 g/mol. The molecule has 1 aliphatic rings. The van der Waals surface area contributed by atoms with Crippen LogP contribution in [0.2, 0.25) is 0 Å². The lowest BCUT2D eigenvalue weighted by molar-refractivity contribution is -0.132. The summed E-state index contributed by atoms with van der Waals surface area (Å²) in [4.78, 5) is 19.2. The summed E-state index contributed by atoms with van der Waals surface area (Å²) in [6.45, 7) is 0.390. The normalized spacial score (nSPS) is 16.8. The molecule has 0 bridgehead atoms. The van der Waals surface area contributed by atoms with Gasteiger partial charge in [-0.3, -0.25) is 4.79 Å². The van der Waals surface area contributed by atoms with E-state index in [2.05, 4.69) is 4.98 Å². The van der Waals surface area contributed by atoms with Crippen molar-refractivity contribution in [1.82, 2.24) is 9.88 Å². The minimum atomic E-state index is -0.712. The van der Waals surface area contributed by atoms with Crippen LogP contribution >= 0.6 is 11.3 Å². The third kappa shape index (κ3) is 3.39. The van der Waals surface area contributed by atoms with E-state index < -0.39 is 5.60 Å². The molecule has 1 aliphatic carbocycles. The van der Waals surface area contributed by atoms with Crippen LogP contribution in [0.1, 0.15) is 31.4 Å². The number of hydrogen-bond acceptors (Lipinski definition) is 5. The van der Waals surface area contributed by atoms with Crippen molar-refractivity contribution in [2.45, 2.75) is 37.7 Å². The molecular weight excluding hydrogens is 300 g/mol. The number of aromatic nitrogens is 1. The Morgan fingerprint density at radius 1 is 1.50 bits per heavy atom. The van der Waals surface area contributed by atoms with Crippen LogP contribution in [-0.4, -0.2) is 40.1 Å². The maximum Gasteiger partial charge on any atom is 0.236 e. The highest BCUT2D eigenvalue weighted by Gasteiger charge is 2.33. The van der Waals surface area contributed by atoms with Gasteiger partial charge in [-0.2, -0.15) is 0 Å². The highest BCUT2D eigenvalue weighted by Crippen LogP contribution is 2.30. The second kappa shape index (κ2) is 6.22. The predicted octanol–water partition coefficient (Wildman–Crippen LogP) is 2.71. The van der Waals surface area contributed by atoms with Crippen molar-refractivity contribution in [3.63, 3.8) is 0 Å². The van der Waals surface area contributed by atoms with Crippen molar-refractivity contribution in [3.05, 3.63) is 29.5 Å². The number of carbonyl (C=O) groups excluding carboxylic acids is 1. The minimum Gasteiger partial charge on any atom is -0.444 e. The van der Waals surface area contributed by atoms with Crippen molar-refractivity contribution in [1.29, 1.82) is 0 Å². The zero-order valence-electron chi connectivity index (χ0n) is 12.6. The molecule has 2 aromatic rings. The van der Waals surface area contributed by atoms with E-state index in [1.807, 2.05) is 17.5 Å². The monoisotopic (exact) mass is 320 g/mol. The van der Waals surface area contributed by atoms with E-state index in [4.69, 9.17) is 4.42 Å². The van der Waals surface area contributed by atoms with Gasteiger partial charge in [0.05, 0.1) is 22.6 Å². The van der Waals surface area contributed by atoms with E-state index in [9.17, 15) is 9.90 Å². The van der Waals surface area contributed by atoms with Crippen LogP contribution in [0.5, 0.6) is 0 Å². The topological polar surface area (TPSA) is 66.6 Å². The van der Waals surface area contributed by atoms with Gasteiger partial charge in [-0.15, -0.1) is 11.3 Å². The lowest BCUT2D eigenvalue weighted by atomic mass is 10.0. The average Bonchev–Trinajstić information content (AvgIpc) is 3.19. The molecule has 0 radical (unpaired) electrons. The van der Waals surface area contributed by atoms with Gasteiger partial charge < -0.3 is 14.4 Å². The van der Waals surface area contributed by atoms with Gasteiger partial charge in [-0.05, 0) is 24.3 Å². The summed E-state index contributed by atoms with van der Waals surface area (Å²) in [7, 11) is 1.74. The van der Waals surface area contributed by atoms with Crippen molar-refractivity contribution < 1.29 is 14.3 Å². The summed E-state index contributed by atoms with van der Waals surface area (Å²) >= 11 is 1.55. The van der Waals surface area contributed by atoms with Crippen molar-refractivity contribution in [3.8, 4) is 10.8 Å². The molecule has 5 nitrogen and oxygen atoms in total. The number of carbonyl (C=O) groups is 1. The van der Waals surface area contributed by atoms with Gasteiger partial charge in [0, 0.05) is 13.6 Å². The number of hydrogen-bond donors (Lipinski definition) is 1. The molecule has 2 aromatic heterocycles. The third-order valence-electron chi connectivity index (χ3n) is 4.11. The molecule has 0 atom stereocenters. The maximum atomic E-state index is 12.3. The van der Waals surface area contributed by atoms with E-state index in [0.717, 1.165) is 30.6 Å². The standard InChI is InChI=1S/C16H20N2O3S/c1-18(11-16(20)6-2-3-7-16)14(19)9-12-10-21-15(17-12)13-5-4-8-22-13/h4-5,8,10,20H,2-3,6-7,9,11H2,1H3. The Morgan fingerprint density at radius 2 is 2.27 bits per heavy atom. The molecule has 2 heterocycles. The number of amides is 1. The lowest BCUT2D eigenvalue weighted by Gasteiger charge is -2.28. The largest absolute Gasteiger partial charge is 0.444 e. The zero-order chi connectivity index (χ0) is 15.6. The van der Waals surface area contributed by atoms with Crippen LogP contribution in [0.25, 0.3) is 10.8 Å². The maximum absolute atomic E-state index is 12.3. The second-order valence-corrected chi connectivity index (χ2v) is 6.93. The first kappa shape index (κ1) is 15.2. The lowest BCUT2D eigenvalue weighted by Crippen LogP contribution is -2.42. The van der Waals surface area contributed by atoms with Gasteiger partial charge in [-0.1, -0.05) is 18.9 Å². The fraction of sp³-hybridized carbons (Fsp3) is 0.500. The highest BCUT2D eigenvalue weighted by atomic mass is 32.1. The molecule has 3 rings (SSSR count). The molecule has 22 heavy (non-hydrogen) atoms. The Balaban J connectivity index is 1.59. The minimum absolute atomic E-state index is 0.0497. The summed E-state index contributed by atoms with van der Waals surface area (Å²) in [6.07, 6.45) is 5.35. The van der Waals surface area contributed by atoms with Gasteiger partial charge >= 0.3 is 0 Å². The van der Waals surface area contributed by atoms with Crippen LogP contribution in [0.15, 0.2) is 28.2 Å². The number of nitrogens with zero attached hydrogens (tertiary/aromatic N) is 2. The Hall–Kier alpha value is -1.66. The van der Waals surface area contributed by atoms with Gasteiger partial charge in [-0.25, -0.2) is 4.98 Å². The predicted molar refractivity (Wildman–Crippen MR) is 84.6 cm³/mol. The van der Waals surface area contributed by atoms with Gasteiger partial charge in [0.25, 0.3) is 0 Å². The van der Waals surface area contributed by atoms with E-state index in [-0.39, 0.29) is 12.3 Å². The molecule has 0 unspecified atom stereocenters. The molecule has 1 saturated carbocycles. The molecule has 0 aromatic carbocycles. The van der Waals surface area contributed by atoms with E-state index in [1.165, 1.54) is 6.26 Å². The molecular formula is C16H20N2O3S. The molecule has 1 fully saturated rings. The Labute approximate surface area is 133 Å². The van der Waals surface area contributed by atoms with Crippen LogP contribution in [0, 0.1) is 0 Å². The molecule has 118 valence electrons. The Kier molecular flexibility index (Phi) is 4.31. The van der Waals surface area contributed by atoms with Crippen molar-refractivity contribution in [2.24, 2.45) is 0 Å². The first-order valence-corrected chi connectivity index (χ1v) is 8.38. The van der Waals surface area contributed by atoms with Crippen LogP contribution in [0.3, 0.4) is 0 Å². The Bertz CT molecular complexity index is 630. The van der Waals surface area contributed by atoms with Crippen LogP contribution in [0.4, 0.5) is 0 Å². The smallest absolute Gasteiger partial charge is 0.236 e. The molecule has 0 saturated heterocycles. The van der Waals surface area contributed by atoms with E-state index >= 15 is 0 Å². The summed E-state index contributed by atoms with van der Waals surface area (Å²) in [6, 6.07) is 3.87. The molecule has 1 amide bonds. The fourth-order valence-electron chi connectivity index (χ4n) is 2.91. The number of oxazole rings is 1. The van der Waals surface area contributed by atoms with E-state index in [1.54, 1.807) is 23.3 Å². The fourth-order valence-corrected chi connectivity index (χ4v) is 3.57. The first-order valence-electron chi connectivity index (χ1n) is 7.50. The third-order valence-corrected chi connectivity index (χ3v) is 4.97. The number of rotatable bonds is 5.